The number of allylic oxidation sites excluding steroid dienone is 10. The molecule has 372 valence electrons. The van der Waals surface area contributed by atoms with Gasteiger partial charge in [0.15, 0.2) is 0 Å². The van der Waals surface area contributed by atoms with Crippen molar-refractivity contribution in [3.63, 3.8) is 0 Å². The number of aliphatic hydroxyl groups is 2. The normalized spacial score (nSPS) is 13.6. The van der Waals surface area contributed by atoms with Crippen LogP contribution in [0.2, 0.25) is 0 Å². The van der Waals surface area contributed by atoms with Gasteiger partial charge in [-0.3, -0.25) is 9.59 Å². The lowest BCUT2D eigenvalue weighted by Crippen LogP contribution is -2.46. The van der Waals surface area contributed by atoms with Crippen molar-refractivity contribution in [3.05, 3.63) is 60.8 Å². The minimum Gasteiger partial charge on any atom is -0.462 e. The third kappa shape index (κ3) is 46.1. The zero-order valence-electron chi connectivity index (χ0n) is 42.4. The lowest BCUT2D eigenvalue weighted by Gasteiger charge is -2.24. The average Bonchev–Trinajstić information content (AvgIpc) is 3.29. The molecule has 0 radical (unpaired) electrons. The summed E-state index contributed by atoms with van der Waals surface area (Å²) < 4.78 is 5.93. The van der Waals surface area contributed by atoms with Gasteiger partial charge in [-0.05, 0) is 77.0 Å². The summed E-state index contributed by atoms with van der Waals surface area (Å²) in [7, 11) is 0. The monoisotopic (exact) mass is 896 g/mol. The number of nitrogens with one attached hydrogen (secondary N) is 1. The van der Waals surface area contributed by atoms with Crippen LogP contribution in [0.1, 0.15) is 271 Å². The number of esters is 1. The number of amides is 1. The summed E-state index contributed by atoms with van der Waals surface area (Å²) in [5.74, 6) is -0.510. The molecule has 1 amide bonds. The quantitative estimate of drug-likeness (QED) is 0.0245. The van der Waals surface area contributed by atoms with Crippen LogP contribution in [0.5, 0.6) is 0 Å². The molecular weight excluding hydrogens is 791 g/mol. The Morgan fingerprint density at radius 2 is 0.812 bits per heavy atom. The van der Waals surface area contributed by atoms with Crippen molar-refractivity contribution in [1.29, 1.82) is 0 Å². The highest BCUT2D eigenvalue weighted by molar-refractivity contribution is 5.77. The van der Waals surface area contributed by atoms with E-state index in [1.807, 2.05) is 0 Å². The number of unbranched alkanes of at least 4 members (excludes halogenated alkanes) is 30. The van der Waals surface area contributed by atoms with Crippen molar-refractivity contribution >= 4 is 11.9 Å². The van der Waals surface area contributed by atoms with Gasteiger partial charge in [-0.1, -0.05) is 242 Å². The van der Waals surface area contributed by atoms with Gasteiger partial charge in [0.25, 0.3) is 0 Å². The first-order chi connectivity index (χ1) is 31.5. The van der Waals surface area contributed by atoms with Crippen molar-refractivity contribution < 1.29 is 24.5 Å². The molecule has 6 heteroatoms. The van der Waals surface area contributed by atoms with Crippen molar-refractivity contribution in [3.8, 4) is 0 Å². The molecule has 0 aliphatic rings. The van der Waals surface area contributed by atoms with Crippen LogP contribution in [0.25, 0.3) is 0 Å². The number of hydrogen-bond acceptors (Lipinski definition) is 5. The topological polar surface area (TPSA) is 95.9 Å². The molecule has 0 aliphatic carbocycles. The van der Waals surface area contributed by atoms with E-state index >= 15 is 0 Å². The molecule has 0 fully saturated rings. The summed E-state index contributed by atoms with van der Waals surface area (Å²) in [6, 6.07) is -0.712. The highest BCUT2D eigenvalue weighted by Crippen LogP contribution is 2.18. The fraction of sp³-hybridized carbons (Fsp3) is 0.793. The molecule has 0 spiro atoms. The van der Waals surface area contributed by atoms with Gasteiger partial charge < -0.3 is 20.3 Å². The van der Waals surface area contributed by atoms with Crippen molar-refractivity contribution in [2.75, 3.05) is 6.61 Å². The number of ether oxygens (including phenoxy) is 1. The Hall–Kier alpha value is -2.44. The Morgan fingerprint density at radius 3 is 1.30 bits per heavy atom. The van der Waals surface area contributed by atoms with Crippen LogP contribution in [-0.4, -0.2) is 46.9 Å². The van der Waals surface area contributed by atoms with Gasteiger partial charge >= 0.3 is 5.97 Å². The van der Waals surface area contributed by atoms with E-state index in [0.29, 0.717) is 19.3 Å². The molecule has 3 atom stereocenters. The summed E-state index contributed by atoms with van der Waals surface area (Å²) in [5.41, 5.74) is 0. The lowest BCUT2D eigenvalue weighted by molar-refractivity contribution is -0.151. The first-order valence-corrected chi connectivity index (χ1v) is 27.6. The third-order valence-corrected chi connectivity index (χ3v) is 12.4. The van der Waals surface area contributed by atoms with Crippen LogP contribution < -0.4 is 5.32 Å². The van der Waals surface area contributed by atoms with Crippen LogP contribution >= 0.6 is 0 Å². The first kappa shape index (κ1) is 61.6. The molecule has 3 unspecified atom stereocenters. The van der Waals surface area contributed by atoms with Gasteiger partial charge in [0.1, 0.15) is 6.10 Å². The second kappa shape index (κ2) is 51.5. The largest absolute Gasteiger partial charge is 0.462 e. The zero-order chi connectivity index (χ0) is 46.7. The highest BCUT2D eigenvalue weighted by atomic mass is 16.5. The number of carbonyl (C=O) groups is 2. The minimum atomic E-state index is -0.797. The maximum atomic E-state index is 13.2. The predicted molar refractivity (Wildman–Crippen MR) is 278 cm³/mol. The molecule has 0 aliphatic heterocycles. The summed E-state index contributed by atoms with van der Waals surface area (Å²) in [4.78, 5) is 26.2. The van der Waals surface area contributed by atoms with Crippen LogP contribution in [-0.2, 0) is 14.3 Å². The van der Waals surface area contributed by atoms with Gasteiger partial charge in [-0.25, -0.2) is 0 Å². The molecule has 0 aromatic rings. The second-order valence-electron chi connectivity index (χ2n) is 18.7. The van der Waals surface area contributed by atoms with Gasteiger partial charge in [0.2, 0.25) is 5.91 Å². The Labute approximate surface area is 397 Å². The molecule has 0 rings (SSSR count). The minimum absolute atomic E-state index is 0.0568. The van der Waals surface area contributed by atoms with E-state index in [4.69, 9.17) is 4.74 Å². The summed E-state index contributed by atoms with van der Waals surface area (Å²) in [6.45, 7) is 6.45. The van der Waals surface area contributed by atoms with Crippen molar-refractivity contribution in [2.24, 2.45) is 0 Å². The Balaban J connectivity index is 4.63. The van der Waals surface area contributed by atoms with E-state index in [-0.39, 0.29) is 24.9 Å². The molecule has 0 saturated carbocycles. The van der Waals surface area contributed by atoms with Gasteiger partial charge in [0, 0.05) is 6.42 Å². The smallest absolute Gasteiger partial charge is 0.306 e. The molecule has 0 aromatic heterocycles. The predicted octanol–water partition coefficient (Wildman–Crippen LogP) is 16.8. The van der Waals surface area contributed by atoms with E-state index in [9.17, 15) is 19.8 Å². The van der Waals surface area contributed by atoms with Crippen LogP contribution in [0, 0.1) is 0 Å². The SMILES string of the molecule is CCCCC/C=C/C=C/C=C/C=C/CCCCCCCC(=O)OC(CCCCC/C=C/CCCCCCCCC)CC(=O)NC(CO)C(O)CCCCCCCCCCCCCCC. The van der Waals surface area contributed by atoms with E-state index in [0.717, 1.165) is 96.3 Å². The molecule has 0 bridgehead atoms. The summed E-state index contributed by atoms with van der Waals surface area (Å²) in [5, 5.41) is 23.8. The average molecular weight is 896 g/mol. The van der Waals surface area contributed by atoms with Crippen LogP contribution in [0.4, 0.5) is 0 Å². The van der Waals surface area contributed by atoms with Crippen molar-refractivity contribution in [1.82, 2.24) is 5.32 Å². The summed E-state index contributed by atoms with van der Waals surface area (Å²) in [6.07, 6.45) is 64.2. The van der Waals surface area contributed by atoms with Gasteiger partial charge in [0.05, 0.1) is 25.2 Å². The number of carbonyl (C=O) groups excluding carboxylic acids is 2. The maximum Gasteiger partial charge on any atom is 0.306 e. The molecule has 0 heterocycles. The molecule has 6 nitrogen and oxygen atoms in total. The van der Waals surface area contributed by atoms with Crippen LogP contribution in [0.15, 0.2) is 60.8 Å². The number of aliphatic hydroxyl groups excluding tert-OH is 2. The molecule has 0 aromatic carbocycles. The van der Waals surface area contributed by atoms with Gasteiger partial charge in [-0.15, -0.1) is 0 Å². The molecule has 64 heavy (non-hydrogen) atoms. The fourth-order valence-electron chi connectivity index (χ4n) is 8.20. The molecule has 0 saturated heterocycles. The maximum absolute atomic E-state index is 13.2. The van der Waals surface area contributed by atoms with E-state index in [2.05, 4.69) is 86.8 Å². The highest BCUT2D eigenvalue weighted by Gasteiger charge is 2.24. The Bertz CT molecular complexity index is 1140. The summed E-state index contributed by atoms with van der Waals surface area (Å²) >= 11 is 0. The number of rotatable bonds is 49. The lowest BCUT2D eigenvalue weighted by atomic mass is 10.0. The van der Waals surface area contributed by atoms with Gasteiger partial charge in [-0.2, -0.15) is 0 Å². The first-order valence-electron chi connectivity index (χ1n) is 27.6. The Morgan fingerprint density at radius 1 is 0.453 bits per heavy atom. The molecular formula is C58H105NO5. The van der Waals surface area contributed by atoms with E-state index < -0.39 is 18.2 Å². The van der Waals surface area contributed by atoms with Crippen LogP contribution in [0.3, 0.4) is 0 Å². The third-order valence-electron chi connectivity index (χ3n) is 12.4. The standard InChI is InChI=1S/C58H105NO5/c1-4-7-10-13-16-19-22-25-27-28-29-30-33-36-39-42-45-48-51-58(63)64-54(49-46-43-40-37-34-32-26-23-20-17-14-11-8-5-2)52-57(62)59-55(53-60)56(61)50-47-44-41-38-35-31-24-21-18-15-12-9-6-3/h16,19,22,25,27-30,32,34,54-56,60-61H,4-15,17-18,20-21,23-24,26,31,33,35-53H2,1-3H3,(H,59,62)/b19-16+,25-22+,28-27+,30-29+,34-32+. The second-order valence-corrected chi connectivity index (χ2v) is 18.7. The van der Waals surface area contributed by atoms with E-state index in [1.54, 1.807) is 0 Å². The molecule has 3 N–H and O–H groups in total. The van der Waals surface area contributed by atoms with E-state index in [1.165, 1.54) is 128 Å². The fourth-order valence-corrected chi connectivity index (χ4v) is 8.20. The Kier molecular flexibility index (Phi) is 49.6. The number of hydrogen-bond donors (Lipinski definition) is 3. The zero-order valence-corrected chi connectivity index (χ0v) is 42.4. The van der Waals surface area contributed by atoms with Crippen molar-refractivity contribution in [2.45, 2.75) is 289 Å².